The third kappa shape index (κ3) is 3.66. The Hall–Kier alpha value is -3.22. The first-order chi connectivity index (χ1) is 15.4. The number of hydrogen-bond acceptors (Lipinski definition) is 4. The molecule has 2 aliphatic heterocycles. The van der Waals surface area contributed by atoms with E-state index >= 15 is 0 Å². The van der Waals surface area contributed by atoms with E-state index in [9.17, 15) is 18.8 Å². The van der Waals surface area contributed by atoms with Crippen LogP contribution in [0.4, 0.5) is 10.1 Å². The molecule has 0 aromatic heterocycles. The molecular formula is C25H25FN2O4. The molecule has 1 aliphatic carbocycles. The minimum absolute atomic E-state index is 0.0468. The standard InChI is InChI=1S/C25H25FN2O4/c26-17-4-3-5-19(14-17)28-13-10-18(15-22(28)29)27-23(30)16-8-11-25(12-9-16)21-7-2-1-6-20(21)24(31)32-25/h1-7,14,16,18H,8-13,15H2,(H,27,30)/t16-,18?,25-. The third-order valence-corrected chi connectivity index (χ3v) is 6.98. The molecule has 2 aromatic carbocycles. The summed E-state index contributed by atoms with van der Waals surface area (Å²) in [4.78, 5) is 39.3. The van der Waals surface area contributed by atoms with Gasteiger partial charge in [0.15, 0.2) is 0 Å². The lowest BCUT2D eigenvalue weighted by molar-refractivity contribution is -0.129. The van der Waals surface area contributed by atoms with E-state index < -0.39 is 5.60 Å². The number of nitrogens with zero attached hydrogens (tertiary/aromatic N) is 1. The lowest BCUT2D eigenvalue weighted by atomic mass is 9.74. The number of fused-ring (bicyclic) bond motifs is 2. The van der Waals surface area contributed by atoms with Gasteiger partial charge in [0.1, 0.15) is 11.4 Å². The van der Waals surface area contributed by atoms with Crippen molar-refractivity contribution in [3.8, 4) is 0 Å². The summed E-state index contributed by atoms with van der Waals surface area (Å²) in [5.41, 5.74) is 1.48. The molecule has 166 valence electrons. The van der Waals surface area contributed by atoms with Gasteiger partial charge in [0, 0.05) is 36.2 Å². The summed E-state index contributed by atoms with van der Waals surface area (Å²) in [6, 6.07) is 13.3. The minimum Gasteiger partial charge on any atom is -0.451 e. The van der Waals surface area contributed by atoms with E-state index in [1.54, 1.807) is 23.1 Å². The fourth-order valence-corrected chi connectivity index (χ4v) is 5.26. The number of piperidine rings is 1. The van der Waals surface area contributed by atoms with Gasteiger partial charge in [-0.1, -0.05) is 24.3 Å². The summed E-state index contributed by atoms with van der Waals surface area (Å²) in [6.07, 6.45) is 3.31. The van der Waals surface area contributed by atoms with Crippen molar-refractivity contribution in [1.82, 2.24) is 5.32 Å². The zero-order chi connectivity index (χ0) is 22.3. The Labute approximate surface area is 185 Å². The summed E-state index contributed by atoms with van der Waals surface area (Å²) < 4.78 is 19.3. The molecule has 0 bridgehead atoms. The maximum absolute atomic E-state index is 13.5. The van der Waals surface area contributed by atoms with E-state index in [4.69, 9.17) is 4.74 Å². The number of amides is 2. The van der Waals surface area contributed by atoms with Crippen LogP contribution in [0.1, 0.15) is 54.4 Å². The van der Waals surface area contributed by atoms with Crippen LogP contribution in [0.5, 0.6) is 0 Å². The maximum Gasteiger partial charge on any atom is 0.339 e. The predicted molar refractivity (Wildman–Crippen MR) is 115 cm³/mol. The number of hydrogen-bond donors (Lipinski definition) is 1. The molecule has 1 saturated carbocycles. The number of nitrogens with one attached hydrogen (secondary N) is 1. The van der Waals surface area contributed by atoms with Crippen molar-refractivity contribution in [3.05, 3.63) is 65.5 Å². The summed E-state index contributed by atoms with van der Waals surface area (Å²) in [6.45, 7) is 0.438. The van der Waals surface area contributed by atoms with Gasteiger partial charge in [-0.3, -0.25) is 9.59 Å². The molecule has 1 spiro atoms. The first-order valence-corrected chi connectivity index (χ1v) is 11.1. The lowest BCUT2D eigenvalue weighted by Gasteiger charge is -2.37. The van der Waals surface area contributed by atoms with Gasteiger partial charge in [0.2, 0.25) is 11.8 Å². The van der Waals surface area contributed by atoms with Crippen molar-refractivity contribution < 1.29 is 23.5 Å². The Bertz CT molecular complexity index is 1080. The molecule has 2 heterocycles. The van der Waals surface area contributed by atoms with Crippen LogP contribution in [0, 0.1) is 11.7 Å². The number of rotatable bonds is 3. The quantitative estimate of drug-likeness (QED) is 0.745. The molecule has 2 fully saturated rings. The maximum atomic E-state index is 13.5. The van der Waals surface area contributed by atoms with Crippen LogP contribution in [0.25, 0.3) is 0 Å². The first-order valence-electron chi connectivity index (χ1n) is 11.1. The Kier molecular flexibility index (Phi) is 5.19. The fraction of sp³-hybridized carbons (Fsp3) is 0.400. The van der Waals surface area contributed by atoms with Crippen molar-refractivity contribution in [2.24, 2.45) is 5.92 Å². The molecule has 7 heteroatoms. The molecule has 1 unspecified atom stereocenters. The molecule has 6 nitrogen and oxygen atoms in total. The normalized spacial score (nSPS) is 27.2. The van der Waals surface area contributed by atoms with E-state index in [1.165, 1.54) is 12.1 Å². The second-order valence-corrected chi connectivity index (χ2v) is 8.93. The average molecular weight is 436 g/mol. The molecular weight excluding hydrogens is 411 g/mol. The molecule has 1 atom stereocenters. The highest BCUT2D eigenvalue weighted by Crippen LogP contribution is 2.48. The van der Waals surface area contributed by atoms with Crippen LogP contribution < -0.4 is 10.2 Å². The van der Waals surface area contributed by atoms with Gasteiger partial charge in [-0.25, -0.2) is 9.18 Å². The van der Waals surface area contributed by atoms with E-state index in [0.29, 0.717) is 49.9 Å². The smallest absolute Gasteiger partial charge is 0.339 e. The molecule has 1 saturated heterocycles. The fourth-order valence-electron chi connectivity index (χ4n) is 5.26. The second-order valence-electron chi connectivity index (χ2n) is 8.93. The zero-order valence-corrected chi connectivity index (χ0v) is 17.7. The van der Waals surface area contributed by atoms with Gasteiger partial charge in [0.05, 0.1) is 5.56 Å². The number of benzene rings is 2. The number of halogens is 1. The summed E-state index contributed by atoms with van der Waals surface area (Å²) >= 11 is 0. The van der Waals surface area contributed by atoms with Crippen molar-refractivity contribution in [2.75, 3.05) is 11.4 Å². The predicted octanol–water partition coefficient (Wildman–Crippen LogP) is 3.69. The van der Waals surface area contributed by atoms with Crippen molar-refractivity contribution in [1.29, 1.82) is 0 Å². The third-order valence-electron chi connectivity index (χ3n) is 6.98. The van der Waals surface area contributed by atoms with Crippen LogP contribution in [0.2, 0.25) is 0 Å². The van der Waals surface area contributed by atoms with Gasteiger partial charge < -0.3 is 15.0 Å². The number of carbonyl (C=O) groups excluding carboxylic acids is 3. The lowest BCUT2D eigenvalue weighted by Crippen LogP contribution is -2.49. The van der Waals surface area contributed by atoms with Crippen LogP contribution in [-0.4, -0.2) is 30.4 Å². The number of ether oxygens (including phenoxy) is 1. The first kappa shape index (κ1) is 20.7. The second kappa shape index (κ2) is 8.04. The number of esters is 1. The Morgan fingerprint density at radius 3 is 2.59 bits per heavy atom. The molecule has 5 rings (SSSR count). The van der Waals surface area contributed by atoms with E-state index in [1.807, 2.05) is 18.2 Å². The van der Waals surface area contributed by atoms with E-state index in [0.717, 1.165) is 5.56 Å². The van der Waals surface area contributed by atoms with Crippen molar-refractivity contribution in [2.45, 2.75) is 50.2 Å². The highest BCUT2D eigenvalue weighted by atomic mass is 19.1. The Balaban J connectivity index is 1.17. The van der Waals surface area contributed by atoms with Crippen molar-refractivity contribution in [3.63, 3.8) is 0 Å². The molecule has 1 N–H and O–H groups in total. The number of anilines is 1. The highest BCUT2D eigenvalue weighted by molar-refractivity contribution is 5.95. The summed E-state index contributed by atoms with van der Waals surface area (Å²) in [5, 5.41) is 3.04. The average Bonchev–Trinajstić information content (AvgIpc) is 3.06. The molecule has 32 heavy (non-hydrogen) atoms. The van der Waals surface area contributed by atoms with Gasteiger partial charge >= 0.3 is 5.97 Å². The molecule has 0 radical (unpaired) electrons. The minimum atomic E-state index is -0.614. The topological polar surface area (TPSA) is 75.7 Å². The molecule has 2 aromatic rings. The highest BCUT2D eigenvalue weighted by Gasteiger charge is 2.48. The van der Waals surface area contributed by atoms with Gasteiger partial charge in [-0.2, -0.15) is 0 Å². The summed E-state index contributed by atoms with van der Waals surface area (Å²) in [7, 11) is 0. The van der Waals surface area contributed by atoms with Gasteiger partial charge in [0.25, 0.3) is 0 Å². The monoisotopic (exact) mass is 436 g/mol. The van der Waals surface area contributed by atoms with E-state index in [-0.39, 0.29) is 42.0 Å². The SMILES string of the molecule is O=C1O[C@]2(CC[C@H](C(=O)NC3CCN(c4cccc(F)c4)C(=O)C3)CC2)c2ccccc21. The van der Waals surface area contributed by atoms with Crippen LogP contribution in [0.15, 0.2) is 48.5 Å². The Morgan fingerprint density at radius 1 is 1.06 bits per heavy atom. The van der Waals surface area contributed by atoms with Gasteiger partial charge in [-0.15, -0.1) is 0 Å². The number of carbonyl (C=O) groups is 3. The molecule has 3 aliphatic rings. The van der Waals surface area contributed by atoms with Crippen molar-refractivity contribution >= 4 is 23.5 Å². The molecule has 2 amide bonds. The largest absolute Gasteiger partial charge is 0.451 e. The summed E-state index contributed by atoms with van der Waals surface area (Å²) in [5.74, 6) is -0.995. The van der Waals surface area contributed by atoms with Gasteiger partial charge in [-0.05, 0) is 56.4 Å². The van der Waals surface area contributed by atoms with Crippen LogP contribution in [-0.2, 0) is 19.9 Å². The van der Waals surface area contributed by atoms with Crippen LogP contribution >= 0.6 is 0 Å². The van der Waals surface area contributed by atoms with E-state index in [2.05, 4.69) is 5.32 Å². The van der Waals surface area contributed by atoms with Crippen LogP contribution in [0.3, 0.4) is 0 Å². The Morgan fingerprint density at radius 2 is 1.84 bits per heavy atom. The zero-order valence-electron chi connectivity index (χ0n) is 17.7.